The lowest BCUT2D eigenvalue weighted by molar-refractivity contribution is 0.0526. The standard InChI is InChI=1S/C20H24ClN3O3S/c1-4-27-19(25)17-10-5-14(13-18(17)21)23-20(28)22-11-12-24(2)15-6-8-16(26-3)9-7-15/h5-10,13H,4,11-12H2,1-3H3,(H2,22,23,28). The van der Waals surface area contributed by atoms with Gasteiger partial charge in [-0.15, -0.1) is 0 Å². The zero-order valence-electron chi connectivity index (χ0n) is 16.1. The summed E-state index contributed by atoms with van der Waals surface area (Å²) in [6.07, 6.45) is 0. The highest BCUT2D eigenvalue weighted by Crippen LogP contribution is 2.22. The topological polar surface area (TPSA) is 62.8 Å². The first-order chi connectivity index (χ1) is 13.4. The number of anilines is 2. The molecule has 0 unspecified atom stereocenters. The molecule has 0 aromatic heterocycles. The average molecular weight is 422 g/mol. The Hall–Kier alpha value is -2.51. The van der Waals surface area contributed by atoms with E-state index in [1.165, 1.54) is 0 Å². The third-order valence-electron chi connectivity index (χ3n) is 3.97. The molecule has 2 rings (SSSR count). The predicted octanol–water partition coefficient (Wildman–Crippen LogP) is 3.95. The molecule has 0 saturated heterocycles. The molecular weight excluding hydrogens is 398 g/mol. The molecule has 2 aromatic carbocycles. The lowest BCUT2D eigenvalue weighted by Crippen LogP contribution is -2.35. The summed E-state index contributed by atoms with van der Waals surface area (Å²) in [7, 11) is 3.65. The van der Waals surface area contributed by atoms with E-state index in [0.717, 1.165) is 18.0 Å². The maximum absolute atomic E-state index is 11.8. The fourth-order valence-electron chi connectivity index (χ4n) is 2.45. The van der Waals surface area contributed by atoms with Crippen LogP contribution >= 0.6 is 23.8 Å². The second-order valence-electron chi connectivity index (χ2n) is 5.92. The molecule has 0 aliphatic heterocycles. The van der Waals surface area contributed by atoms with Gasteiger partial charge in [0.15, 0.2) is 5.11 Å². The number of hydrogen-bond donors (Lipinski definition) is 2. The van der Waals surface area contributed by atoms with Crippen molar-refractivity contribution in [3.8, 4) is 5.75 Å². The lowest BCUT2D eigenvalue weighted by Gasteiger charge is -2.20. The molecule has 8 heteroatoms. The summed E-state index contributed by atoms with van der Waals surface area (Å²) in [5.41, 5.74) is 2.11. The van der Waals surface area contributed by atoms with Crippen molar-refractivity contribution in [3.63, 3.8) is 0 Å². The Labute approximate surface area is 175 Å². The number of esters is 1. The SMILES string of the molecule is CCOC(=O)c1ccc(NC(=S)NCCN(C)c2ccc(OC)cc2)cc1Cl. The van der Waals surface area contributed by atoms with E-state index < -0.39 is 5.97 Å². The van der Waals surface area contributed by atoms with Crippen molar-refractivity contribution in [1.29, 1.82) is 0 Å². The van der Waals surface area contributed by atoms with Gasteiger partial charge in [0.25, 0.3) is 0 Å². The van der Waals surface area contributed by atoms with Gasteiger partial charge in [-0.3, -0.25) is 0 Å². The highest BCUT2D eigenvalue weighted by Gasteiger charge is 2.12. The van der Waals surface area contributed by atoms with Crippen LogP contribution < -0.4 is 20.3 Å². The van der Waals surface area contributed by atoms with E-state index in [4.69, 9.17) is 33.3 Å². The number of hydrogen-bond acceptors (Lipinski definition) is 5. The van der Waals surface area contributed by atoms with Crippen LogP contribution in [0.2, 0.25) is 5.02 Å². The highest BCUT2D eigenvalue weighted by atomic mass is 35.5. The normalized spacial score (nSPS) is 10.1. The van der Waals surface area contributed by atoms with Crippen LogP contribution in [0, 0.1) is 0 Å². The summed E-state index contributed by atoms with van der Waals surface area (Å²) < 4.78 is 10.1. The van der Waals surface area contributed by atoms with Crippen LogP contribution in [0.5, 0.6) is 5.75 Å². The number of halogens is 1. The van der Waals surface area contributed by atoms with Crippen LogP contribution in [0.4, 0.5) is 11.4 Å². The fraction of sp³-hybridized carbons (Fsp3) is 0.300. The smallest absolute Gasteiger partial charge is 0.339 e. The van der Waals surface area contributed by atoms with E-state index in [-0.39, 0.29) is 0 Å². The van der Waals surface area contributed by atoms with E-state index in [9.17, 15) is 4.79 Å². The summed E-state index contributed by atoms with van der Waals surface area (Å²) in [6, 6.07) is 12.8. The Morgan fingerprint density at radius 1 is 1.21 bits per heavy atom. The van der Waals surface area contributed by atoms with Gasteiger partial charge in [0, 0.05) is 31.5 Å². The van der Waals surface area contributed by atoms with Gasteiger partial charge in [0.05, 0.1) is 24.3 Å². The first-order valence-corrected chi connectivity index (χ1v) is 9.60. The van der Waals surface area contributed by atoms with Gasteiger partial charge in [-0.25, -0.2) is 4.79 Å². The van der Waals surface area contributed by atoms with Crippen LogP contribution in [0.15, 0.2) is 42.5 Å². The van der Waals surface area contributed by atoms with E-state index in [1.54, 1.807) is 32.2 Å². The molecule has 0 heterocycles. The molecule has 0 aliphatic rings. The summed E-state index contributed by atoms with van der Waals surface area (Å²) in [5, 5.41) is 6.99. The van der Waals surface area contributed by atoms with Gasteiger partial charge in [-0.2, -0.15) is 0 Å². The number of nitrogens with zero attached hydrogens (tertiary/aromatic N) is 1. The molecule has 150 valence electrons. The van der Waals surface area contributed by atoms with Crippen molar-refractivity contribution >= 4 is 46.3 Å². The molecule has 0 atom stereocenters. The summed E-state index contributed by atoms with van der Waals surface area (Å²) in [6.45, 7) is 3.46. The van der Waals surface area contributed by atoms with Crippen molar-refractivity contribution in [2.75, 3.05) is 44.1 Å². The zero-order valence-corrected chi connectivity index (χ0v) is 17.7. The second kappa shape index (κ2) is 10.7. The quantitative estimate of drug-likeness (QED) is 0.494. The Bertz CT molecular complexity index is 815. The largest absolute Gasteiger partial charge is 0.497 e. The van der Waals surface area contributed by atoms with Crippen LogP contribution in [0.3, 0.4) is 0 Å². The van der Waals surface area contributed by atoms with Crippen molar-refractivity contribution in [3.05, 3.63) is 53.1 Å². The van der Waals surface area contributed by atoms with Gasteiger partial charge in [0.2, 0.25) is 0 Å². The number of ether oxygens (including phenoxy) is 2. The van der Waals surface area contributed by atoms with Gasteiger partial charge >= 0.3 is 5.97 Å². The molecule has 6 nitrogen and oxygen atoms in total. The first kappa shape index (κ1) is 21.8. The molecule has 2 N–H and O–H groups in total. The number of likely N-dealkylation sites (N-methyl/N-ethyl adjacent to an activating group) is 1. The highest BCUT2D eigenvalue weighted by molar-refractivity contribution is 7.80. The Kier molecular flexibility index (Phi) is 8.35. The Balaban J connectivity index is 1.81. The third kappa shape index (κ3) is 6.28. The number of thiocarbonyl (C=S) groups is 1. The summed E-state index contributed by atoms with van der Waals surface area (Å²) in [4.78, 5) is 13.9. The molecule has 0 radical (unpaired) electrons. The van der Waals surface area contributed by atoms with Gasteiger partial charge in [-0.05, 0) is 61.6 Å². The molecule has 0 spiro atoms. The lowest BCUT2D eigenvalue weighted by atomic mass is 10.2. The summed E-state index contributed by atoms with van der Waals surface area (Å²) >= 11 is 11.5. The first-order valence-electron chi connectivity index (χ1n) is 8.81. The van der Waals surface area contributed by atoms with Crippen LogP contribution in [0.25, 0.3) is 0 Å². The number of nitrogens with one attached hydrogen (secondary N) is 2. The molecule has 0 amide bonds. The maximum atomic E-state index is 11.8. The molecule has 0 bridgehead atoms. The van der Waals surface area contributed by atoms with Gasteiger partial charge in [-0.1, -0.05) is 11.6 Å². The third-order valence-corrected chi connectivity index (χ3v) is 4.53. The van der Waals surface area contributed by atoms with Crippen molar-refractivity contribution < 1.29 is 14.3 Å². The monoisotopic (exact) mass is 421 g/mol. The number of rotatable bonds is 8. The Morgan fingerprint density at radius 2 is 1.93 bits per heavy atom. The van der Waals surface area contributed by atoms with E-state index in [2.05, 4.69) is 15.5 Å². The minimum atomic E-state index is -0.443. The maximum Gasteiger partial charge on any atom is 0.339 e. The Morgan fingerprint density at radius 3 is 2.54 bits per heavy atom. The molecule has 0 saturated carbocycles. The van der Waals surface area contributed by atoms with E-state index in [0.29, 0.717) is 34.5 Å². The molecule has 0 aliphatic carbocycles. The molecule has 0 fully saturated rings. The van der Waals surface area contributed by atoms with E-state index in [1.807, 2.05) is 31.3 Å². The number of carbonyl (C=O) groups is 1. The number of methoxy groups -OCH3 is 1. The predicted molar refractivity (Wildman–Crippen MR) is 118 cm³/mol. The van der Waals surface area contributed by atoms with Crippen molar-refractivity contribution in [1.82, 2.24) is 5.32 Å². The zero-order chi connectivity index (χ0) is 20.5. The minimum absolute atomic E-state index is 0.300. The average Bonchev–Trinajstić information content (AvgIpc) is 2.68. The molecule has 28 heavy (non-hydrogen) atoms. The number of benzene rings is 2. The van der Waals surface area contributed by atoms with Crippen LogP contribution in [-0.4, -0.2) is 44.9 Å². The van der Waals surface area contributed by atoms with Crippen LogP contribution in [-0.2, 0) is 4.74 Å². The van der Waals surface area contributed by atoms with Crippen LogP contribution in [0.1, 0.15) is 17.3 Å². The van der Waals surface area contributed by atoms with Gasteiger partial charge < -0.3 is 25.0 Å². The van der Waals surface area contributed by atoms with Crippen molar-refractivity contribution in [2.24, 2.45) is 0 Å². The van der Waals surface area contributed by atoms with Gasteiger partial charge in [0.1, 0.15) is 5.75 Å². The van der Waals surface area contributed by atoms with E-state index >= 15 is 0 Å². The van der Waals surface area contributed by atoms with Crippen molar-refractivity contribution in [2.45, 2.75) is 6.92 Å². The second-order valence-corrected chi connectivity index (χ2v) is 6.73. The minimum Gasteiger partial charge on any atom is -0.497 e. The molecular formula is C20H24ClN3O3S. The summed E-state index contributed by atoms with van der Waals surface area (Å²) in [5.74, 6) is 0.384. The molecule has 2 aromatic rings. The fourth-order valence-corrected chi connectivity index (χ4v) is 2.92. The number of carbonyl (C=O) groups excluding carboxylic acids is 1.